The molecule has 0 atom stereocenters. The van der Waals surface area contributed by atoms with Crippen molar-refractivity contribution in [3.63, 3.8) is 0 Å². The van der Waals surface area contributed by atoms with Gasteiger partial charge in [0.25, 0.3) is 0 Å². The molecule has 0 bridgehead atoms. The third-order valence-electron chi connectivity index (χ3n) is 1.41. The largest absolute Gasteiger partial charge is 0.272 e. The Morgan fingerprint density at radius 1 is 1.60 bits per heavy atom. The van der Waals surface area contributed by atoms with Gasteiger partial charge in [0, 0.05) is 24.3 Å². The van der Waals surface area contributed by atoms with Crippen molar-refractivity contribution < 1.29 is 2.74 Å². The fourth-order valence-electron chi connectivity index (χ4n) is 0.957. The first-order chi connectivity index (χ1) is 5.34. The van der Waals surface area contributed by atoms with Crippen LogP contribution in [0.4, 0.5) is 0 Å². The van der Waals surface area contributed by atoms with Crippen LogP contribution in [0.3, 0.4) is 0 Å². The minimum atomic E-state index is -0.113. The highest BCUT2D eigenvalue weighted by molar-refractivity contribution is 5.11. The topological polar surface area (TPSA) is 17.8 Å². The fourth-order valence-corrected chi connectivity index (χ4v) is 0.957. The standard InChI is InChI=1S/C8H14N2/c1-8(2,3)7-5-6-9-10(7)4/h5-6H,1-4H3/i5T,6T. The van der Waals surface area contributed by atoms with E-state index in [1.165, 1.54) is 0 Å². The van der Waals surface area contributed by atoms with E-state index >= 15 is 0 Å². The van der Waals surface area contributed by atoms with Crippen LogP contribution < -0.4 is 0 Å². The van der Waals surface area contributed by atoms with Crippen molar-refractivity contribution >= 4 is 0 Å². The van der Waals surface area contributed by atoms with Crippen molar-refractivity contribution in [2.24, 2.45) is 7.05 Å². The Morgan fingerprint density at radius 2 is 2.20 bits per heavy atom. The molecule has 1 aromatic heterocycles. The summed E-state index contributed by atoms with van der Waals surface area (Å²) in [6, 6.07) is 0.241. The predicted octanol–water partition coefficient (Wildman–Crippen LogP) is 1.72. The fraction of sp³-hybridized carbons (Fsp3) is 0.625. The second-order valence-corrected chi connectivity index (χ2v) is 3.46. The zero-order valence-corrected chi connectivity index (χ0v) is 6.89. The molecule has 0 fully saturated rings. The maximum atomic E-state index is 7.60. The van der Waals surface area contributed by atoms with Gasteiger partial charge in [-0.25, -0.2) is 0 Å². The Hall–Kier alpha value is -0.790. The minimum absolute atomic E-state index is 0.0578. The molecule has 0 unspecified atom stereocenters. The molecule has 0 N–H and O–H groups in total. The molecule has 1 rings (SSSR count). The van der Waals surface area contributed by atoms with Crippen molar-refractivity contribution in [1.29, 1.82) is 0 Å². The van der Waals surface area contributed by atoms with Gasteiger partial charge in [-0.05, 0) is 6.04 Å². The lowest BCUT2D eigenvalue weighted by molar-refractivity contribution is 0.523. The smallest absolute Gasteiger partial charge is 0.0860 e. The van der Waals surface area contributed by atoms with Crippen molar-refractivity contribution in [3.8, 4) is 0 Å². The zero-order chi connectivity index (χ0) is 9.52. The first-order valence-electron chi connectivity index (χ1n) is 4.34. The van der Waals surface area contributed by atoms with E-state index in [4.69, 9.17) is 2.74 Å². The summed E-state index contributed by atoms with van der Waals surface area (Å²) in [5, 5.41) is 3.87. The molecule has 0 radical (unpaired) electrons. The molecule has 0 aliphatic rings. The van der Waals surface area contributed by atoms with E-state index in [1.807, 2.05) is 20.8 Å². The van der Waals surface area contributed by atoms with E-state index in [-0.39, 0.29) is 17.6 Å². The van der Waals surface area contributed by atoms with Crippen LogP contribution in [0.5, 0.6) is 0 Å². The van der Waals surface area contributed by atoms with E-state index in [0.717, 1.165) is 5.69 Å². The second-order valence-electron chi connectivity index (χ2n) is 3.46. The van der Waals surface area contributed by atoms with Gasteiger partial charge in [-0.15, -0.1) is 0 Å². The van der Waals surface area contributed by atoms with Crippen LogP contribution >= 0.6 is 0 Å². The van der Waals surface area contributed by atoms with Crippen LogP contribution in [0, 0.1) is 0 Å². The predicted molar refractivity (Wildman–Crippen MR) is 41.9 cm³/mol. The van der Waals surface area contributed by atoms with Gasteiger partial charge < -0.3 is 0 Å². The van der Waals surface area contributed by atoms with Crippen molar-refractivity contribution in [1.82, 2.24) is 9.78 Å². The number of rotatable bonds is 0. The third-order valence-corrected chi connectivity index (χ3v) is 1.41. The summed E-state index contributed by atoms with van der Waals surface area (Å²) in [5.41, 5.74) is 0.700. The van der Waals surface area contributed by atoms with Gasteiger partial charge >= 0.3 is 0 Å². The minimum Gasteiger partial charge on any atom is -0.272 e. The molecule has 0 aromatic carbocycles. The lowest BCUT2D eigenvalue weighted by Gasteiger charge is -2.17. The highest BCUT2D eigenvalue weighted by Crippen LogP contribution is 2.20. The van der Waals surface area contributed by atoms with Gasteiger partial charge in [-0.2, -0.15) is 5.10 Å². The number of aromatic nitrogens is 2. The Balaban J connectivity index is 3.32. The Bertz CT molecular complexity index is 297. The van der Waals surface area contributed by atoms with Crippen LogP contribution in [0.15, 0.2) is 12.2 Å². The van der Waals surface area contributed by atoms with Gasteiger partial charge in [0.05, 0.1) is 2.74 Å². The Kier molecular flexibility index (Phi) is 1.04. The lowest BCUT2D eigenvalue weighted by Crippen LogP contribution is -2.16. The molecule has 1 heterocycles. The van der Waals surface area contributed by atoms with Gasteiger partial charge in [-0.3, -0.25) is 4.68 Å². The van der Waals surface area contributed by atoms with Gasteiger partial charge in [0.15, 0.2) is 0 Å². The summed E-state index contributed by atoms with van der Waals surface area (Å²) in [6.07, 6.45) is 0.0578. The van der Waals surface area contributed by atoms with Gasteiger partial charge in [0.2, 0.25) is 0 Å². The van der Waals surface area contributed by atoms with E-state index in [2.05, 4.69) is 5.10 Å². The van der Waals surface area contributed by atoms with E-state index < -0.39 is 0 Å². The molecular formula is C8H14N2. The quantitative estimate of drug-likeness (QED) is 0.539. The molecule has 0 aliphatic carbocycles. The summed E-state index contributed by atoms with van der Waals surface area (Å²) >= 11 is 0. The normalized spacial score (nSPS) is 14.8. The molecule has 0 saturated heterocycles. The number of nitrogens with zero attached hydrogens (tertiary/aromatic N) is 2. The molecule has 2 nitrogen and oxygen atoms in total. The third kappa shape index (κ3) is 1.20. The molecule has 0 aliphatic heterocycles. The monoisotopic (exact) mass is 142 g/mol. The zero-order valence-electron chi connectivity index (χ0n) is 8.89. The average Bonchev–Trinajstić information content (AvgIpc) is 2.05. The number of hydrogen-bond acceptors (Lipinski definition) is 1. The van der Waals surface area contributed by atoms with E-state index in [9.17, 15) is 0 Å². The first-order valence-corrected chi connectivity index (χ1v) is 3.34. The van der Waals surface area contributed by atoms with Crippen LogP contribution in [-0.2, 0) is 12.5 Å². The SMILES string of the molecule is [3H]c1nn(C)c(C(C)(C)C)c1[3H]. The average molecular weight is 142 g/mol. The summed E-state index contributed by atoms with van der Waals surface area (Å²) in [4.78, 5) is 0. The summed E-state index contributed by atoms with van der Waals surface area (Å²) in [5.74, 6) is 0. The van der Waals surface area contributed by atoms with Crippen molar-refractivity contribution in [3.05, 3.63) is 17.9 Å². The summed E-state index contributed by atoms with van der Waals surface area (Å²) < 4.78 is 16.6. The summed E-state index contributed by atoms with van der Waals surface area (Å²) in [7, 11) is 1.77. The van der Waals surface area contributed by atoms with Gasteiger partial charge in [0.1, 0.15) is 0 Å². The highest BCUT2D eigenvalue weighted by Gasteiger charge is 2.16. The molecular weight excluding hydrogens is 124 g/mol. The second kappa shape index (κ2) is 2.11. The molecule has 56 valence electrons. The van der Waals surface area contributed by atoms with E-state index in [1.54, 1.807) is 11.7 Å². The molecule has 2 heteroatoms. The Morgan fingerprint density at radius 3 is 2.40 bits per heavy atom. The summed E-state index contributed by atoms with van der Waals surface area (Å²) in [6.45, 7) is 6.05. The first kappa shape index (κ1) is 4.94. The van der Waals surface area contributed by atoms with Crippen molar-refractivity contribution in [2.45, 2.75) is 26.2 Å². The maximum absolute atomic E-state index is 7.60. The molecule has 0 amide bonds. The molecule has 0 saturated carbocycles. The highest BCUT2D eigenvalue weighted by atomic mass is 15.3. The van der Waals surface area contributed by atoms with Crippen molar-refractivity contribution in [2.75, 3.05) is 0 Å². The molecule has 0 spiro atoms. The van der Waals surface area contributed by atoms with Gasteiger partial charge in [-0.1, -0.05) is 20.8 Å². The van der Waals surface area contributed by atoms with Crippen LogP contribution in [0.2, 0.25) is 0 Å². The molecule has 10 heavy (non-hydrogen) atoms. The number of aryl methyl sites for hydroxylation is 1. The molecule has 1 aromatic rings. The lowest BCUT2D eigenvalue weighted by atomic mass is 9.92. The maximum Gasteiger partial charge on any atom is 0.0860 e. The van der Waals surface area contributed by atoms with Crippen LogP contribution in [0.1, 0.15) is 29.2 Å². The van der Waals surface area contributed by atoms with E-state index in [0.29, 0.717) is 0 Å². The van der Waals surface area contributed by atoms with Crippen LogP contribution in [0.25, 0.3) is 0 Å². The van der Waals surface area contributed by atoms with Crippen LogP contribution in [-0.4, -0.2) is 9.78 Å². The Labute approximate surface area is 64.7 Å². The number of hydrogen-bond donors (Lipinski definition) is 0.